The molecule has 0 spiro atoms. The lowest BCUT2D eigenvalue weighted by atomic mass is 9.92. The van der Waals surface area contributed by atoms with Crippen molar-refractivity contribution < 1.29 is 0 Å². The molecule has 0 aromatic carbocycles. The van der Waals surface area contributed by atoms with E-state index in [2.05, 4.69) is 37.5 Å². The monoisotopic (exact) mass is 213 g/mol. The van der Waals surface area contributed by atoms with Crippen molar-refractivity contribution in [1.29, 1.82) is 0 Å². The number of hydrogen-bond donors (Lipinski definition) is 1. The van der Waals surface area contributed by atoms with Crippen molar-refractivity contribution in [2.45, 2.75) is 33.7 Å². The molecule has 0 aliphatic carbocycles. The minimum Gasteiger partial charge on any atom is -0.330 e. The summed E-state index contributed by atoms with van der Waals surface area (Å²) in [7, 11) is 0. The first-order valence-electron chi connectivity index (χ1n) is 6.15. The van der Waals surface area contributed by atoms with Crippen LogP contribution >= 0.6 is 0 Å². The minimum absolute atomic E-state index is 0.253. The maximum Gasteiger partial charge on any atom is 0.0195 e. The zero-order chi connectivity index (χ0) is 11.5. The maximum atomic E-state index is 5.79. The smallest absolute Gasteiger partial charge is 0.0195 e. The number of hydrogen-bond acceptors (Lipinski definition) is 3. The lowest BCUT2D eigenvalue weighted by molar-refractivity contribution is 0.0581. The molecule has 90 valence electrons. The molecule has 0 aromatic heterocycles. The summed E-state index contributed by atoms with van der Waals surface area (Å²) in [5.41, 5.74) is 6.04. The zero-order valence-electron chi connectivity index (χ0n) is 10.8. The van der Waals surface area contributed by atoms with Gasteiger partial charge in [0.25, 0.3) is 0 Å². The number of piperazine rings is 1. The predicted octanol–water partition coefficient (Wildman–Crippen LogP) is 0.997. The van der Waals surface area contributed by atoms with Gasteiger partial charge in [0.2, 0.25) is 0 Å². The highest BCUT2D eigenvalue weighted by Gasteiger charge is 2.27. The summed E-state index contributed by atoms with van der Waals surface area (Å²) in [4.78, 5) is 5.11. The summed E-state index contributed by atoms with van der Waals surface area (Å²) in [6, 6.07) is 0.671. The molecule has 0 amide bonds. The lowest BCUT2D eigenvalue weighted by Gasteiger charge is -2.42. The summed E-state index contributed by atoms with van der Waals surface area (Å²) >= 11 is 0. The van der Waals surface area contributed by atoms with Crippen LogP contribution in [0.1, 0.15) is 27.7 Å². The van der Waals surface area contributed by atoms with Gasteiger partial charge in [-0.25, -0.2) is 0 Å². The van der Waals surface area contributed by atoms with Gasteiger partial charge >= 0.3 is 0 Å². The third-order valence-electron chi connectivity index (χ3n) is 3.48. The molecule has 1 unspecified atom stereocenters. The number of nitrogens with two attached hydrogens (primary N) is 1. The van der Waals surface area contributed by atoms with Gasteiger partial charge in [0, 0.05) is 32.2 Å². The molecular formula is C12H27N3. The lowest BCUT2D eigenvalue weighted by Crippen LogP contribution is -2.54. The topological polar surface area (TPSA) is 32.5 Å². The largest absolute Gasteiger partial charge is 0.330 e. The molecule has 0 aromatic rings. The maximum absolute atomic E-state index is 5.79. The summed E-state index contributed by atoms with van der Waals surface area (Å²) in [6.45, 7) is 15.8. The fourth-order valence-electron chi connectivity index (χ4n) is 2.21. The SMILES string of the molecule is CCN1CCN(CC(C)(C)CN)C(C)C1. The highest BCUT2D eigenvalue weighted by atomic mass is 15.3. The van der Waals surface area contributed by atoms with Crippen molar-refractivity contribution in [3.63, 3.8) is 0 Å². The molecule has 1 fully saturated rings. The Morgan fingerprint density at radius 1 is 1.33 bits per heavy atom. The van der Waals surface area contributed by atoms with E-state index in [0.717, 1.165) is 13.1 Å². The van der Waals surface area contributed by atoms with Crippen LogP contribution in [0.2, 0.25) is 0 Å². The van der Waals surface area contributed by atoms with Gasteiger partial charge < -0.3 is 10.6 Å². The summed E-state index contributed by atoms with van der Waals surface area (Å²) in [5.74, 6) is 0. The van der Waals surface area contributed by atoms with E-state index >= 15 is 0 Å². The van der Waals surface area contributed by atoms with Gasteiger partial charge in [-0.05, 0) is 25.4 Å². The third-order valence-corrected chi connectivity index (χ3v) is 3.48. The first-order chi connectivity index (χ1) is 6.98. The first kappa shape index (κ1) is 12.9. The molecule has 0 saturated carbocycles. The van der Waals surface area contributed by atoms with E-state index in [1.54, 1.807) is 0 Å². The van der Waals surface area contributed by atoms with E-state index in [-0.39, 0.29) is 5.41 Å². The van der Waals surface area contributed by atoms with Crippen LogP contribution in [-0.4, -0.2) is 55.1 Å². The highest BCUT2D eigenvalue weighted by Crippen LogP contribution is 2.19. The molecule has 1 saturated heterocycles. The van der Waals surface area contributed by atoms with Gasteiger partial charge in [0.15, 0.2) is 0 Å². The Labute approximate surface area is 94.6 Å². The van der Waals surface area contributed by atoms with Crippen molar-refractivity contribution in [3.8, 4) is 0 Å². The van der Waals surface area contributed by atoms with Crippen molar-refractivity contribution in [1.82, 2.24) is 9.80 Å². The third kappa shape index (κ3) is 3.74. The van der Waals surface area contributed by atoms with Gasteiger partial charge in [-0.2, -0.15) is 0 Å². The molecular weight excluding hydrogens is 186 g/mol. The van der Waals surface area contributed by atoms with E-state index in [1.165, 1.54) is 26.2 Å². The van der Waals surface area contributed by atoms with Gasteiger partial charge in [0.05, 0.1) is 0 Å². The molecule has 2 N–H and O–H groups in total. The molecule has 3 heteroatoms. The highest BCUT2D eigenvalue weighted by molar-refractivity contribution is 4.83. The molecule has 1 rings (SSSR count). The fourth-order valence-corrected chi connectivity index (χ4v) is 2.21. The Bertz CT molecular complexity index is 191. The average Bonchev–Trinajstić information content (AvgIpc) is 2.21. The molecule has 1 heterocycles. The van der Waals surface area contributed by atoms with Gasteiger partial charge in [-0.15, -0.1) is 0 Å². The molecule has 15 heavy (non-hydrogen) atoms. The second kappa shape index (κ2) is 5.28. The van der Waals surface area contributed by atoms with Crippen LogP contribution in [0, 0.1) is 5.41 Å². The molecule has 3 nitrogen and oxygen atoms in total. The van der Waals surface area contributed by atoms with Gasteiger partial charge in [0.1, 0.15) is 0 Å². The molecule has 1 aliphatic heterocycles. The Morgan fingerprint density at radius 2 is 2.00 bits per heavy atom. The molecule has 1 aliphatic rings. The summed E-state index contributed by atoms with van der Waals surface area (Å²) in [6.07, 6.45) is 0. The number of likely N-dealkylation sites (N-methyl/N-ethyl adjacent to an activating group) is 1. The fraction of sp³-hybridized carbons (Fsp3) is 1.00. The van der Waals surface area contributed by atoms with E-state index in [4.69, 9.17) is 5.73 Å². The first-order valence-corrected chi connectivity index (χ1v) is 6.15. The van der Waals surface area contributed by atoms with Crippen molar-refractivity contribution in [2.24, 2.45) is 11.1 Å². The van der Waals surface area contributed by atoms with Crippen molar-refractivity contribution >= 4 is 0 Å². The Morgan fingerprint density at radius 3 is 2.47 bits per heavy atom. The minimum atomic E-state index is 0.253. The molecule has 0 radical (unpaired) electrons. The van der Waals surface area contributed by atoms with Crippen molar-refractivity contribution in [2.75, 3.05) is 39.3 Å². The van der Waals surface area contributed by atoms with Gasteiger partial charge in [-0.3, -0.25) is 4.90 Å². The molecule has 1 atom stereocenters. The van der Waals surface area contributed by atoms with E-state index in [9.17, 15) is 0 Å². The summed E-state index contributed by atoms with van der Waals surface area (Å²) < 4.78 is 0. The van der Waals surface area contributed by atoms with Crippen LogP contribution in [0.4, 0.5) is 0 Å². The van der Waals surface area contributed by atoms with Crippen LogP contribution < -0.4 is 5.73 Å². The predicted molar refractivity (Wildman–Crippen MR) is 66.0 cm³/mol. The van der Waals surface area contributed by atoms with Crippen LogP contribution in [0.15, 0.2) is 0 Å². The number of nitrogens with zero attached hydrogens (tertiary/aromatic N) is 2. The molecule has 0 bridgehead atoms. The van der Waals surface area contributed by atoms with Gasteiger partial charge in [-0.1, -0.05) is 20.8 Å². The standard InChI is InChI=1S/C12H27N3/c1-5-14-6-7-15(11(2)8-14)10-12(3,4)9-13/h11H,5-10,13H2,1-4H3. The average molecular weight is 213 g/mol. The second-order valence-corrected chi connectivity index (χ2v) is 5.58. The van der Waals surface area contributed by atoms with Crippen molar-refractivity contribution in [3.05, 3.63) is 0 Å². The summed E-state index contributed by atoms with van der Waals surface area (Å²) in [5, 5.41) is 0. The Balaban J connectivity index is 2.44. The quantitative estimate of drug-likeness (QED) is 0.756. The van der Waals surface area contributed by atoms with Crippen LogP contribution in [0.5, 0.6) is 0 Å². The number of rotatable bonds is 4. The Hall–Kier alpha value is -0.120. The van der Waals surface area contributed by atoms with Crippen LogP contribution in [0.25, 0.3) is 0 Å². The van der Waals surface area contributed by atoms with E-state index < -0.39 is 0 Å². The van der Waals surface area contributed by atoms with Crippen LogP contribution in [-0.2, 0) is 0 Å². The second-order valence-electron chi connectivity index (χ2n) is 5.58. The Kier molecular flexibility index (Phi) is 4.56. The van der Waals surface area contributed by atoms with Crippen LogP contribution in [0.3, 0.4) is 0 Å². The van der Waals surface area contributed by atoms with E-state index in [1.807, 2.05) is 0 Å². The normalized spacial score (nSPS) is 25.8. The zero-order valence-corrected chi connectivity index (χ0v) is 10.8. The van der Waals surface area contributed by atoms with E-state index in [0.29, 0.717) is 6.04 Å².